The van der Waals surface area contributed by atoms with Crippen molar-refractivity contribution in [1.29, 1.82) is 0 Å². The Balaban J connectivity index is 2.50. The third kappa shape index (κ3) is 3.19. The van der Waals surface area contributed by atoms with Crippen molar-refractivity contribution in [3.63, 3.8) is 0 Å². The van der Waals surface area contributed by atoms with E-state index in [0.717, 1.165) is 17.2 Å². The van der Waals surface area contributed by atoms with Gasteiger partial charge in [-0.05, 0) is 19.1 Å². The van der Waals surface area contributed by atoms with E-state index in [1.807, 2.05) is 31.7 Å². The first-order valence-electron chi connectivity index (χ1n) is 7.16. The van der Waals surface area contributed by atoms with E-state index >= 15 is 0 Å². The largest absolute Gasteiger partial charge is 0.337 e. The van der Waals surface area contributed by atoms with Crippen molar-refractivity contribution >= 4 is 11.4 Å². The van der Waals surface area contributed by atoms with Crippen molar-refractivity contribution in [2.24, 2.45) is 5.73 Å². The fourth-order valence-corrected chi connectivity index (χ4v) is 2.22. The molecule has 0 aliphatic rings. The Morgan fingerprint density at radius 3 is 2.52 bits per heavy atom. The minimum Gasteiger partial charge on any atom is -0.337 e. The summed E-state index contributed by atoms with van der Waals surface area (Å²) in [5, 5.41) is 0. The van der Waals surface area contributed by atoms with Crippen molar-refractivity contribution in [3.05, 3.63) is 47.8 Å². The van der Waals surface area contributed by atoms with E-state index in [1.54, 1.807) is 18.3 Å². The number of hydrogen-bond donors (Lipinski definition) is 1. The van der Waals surface area contributed by atoms with E-state index in [1.165, 1.54) is 6.07 Å². The molecule has 0 aliphatic heterocycles. The molecule has 1 aromatic heterocycles. The summed E-state index contributed by atoms with van der Waals surface area (Å²) >= 11 is 0. The summed E-state index contributed by atoms with van der Waals surface area (Å²) in [4.78, 5) is 10.7. The topological polar surface area (TPSA) is 55.0 Å². The smallest absolute Gasteiger partial charge is 0.146 e. The molecule has 0 unspecified atom stereocenters. The van der Waals surface area contributed by atoms with Crippen molar-refractivity contribution in [2.45, 2.75) is 33.2 Å². The summed E-state index contributed by atoms with van der Waals surface area (Å²) in [5.41, 5.74) is 7.82. The third-order valence-electron chi connectivity index (χ3n) is 3.32. The molecule has 21 heavy (non-hydrogen) atoms. The van der Waals surface area contributed by atoms with Crippen LogP contribution in [-0.4, -0.2) is 16.5 Å². The lowest BCUT2D eigenvalue weighted by Crippen LogP contribution is -2.21. The van der Waals surface area contributed by atoms with Gasteiger partial charge in [0.15, 0.2) is 0 Å². The van der Waals surface area contributed by atoms with E-state index in [4.69, 9.17) is 5.73 Å². The van der Waals surface area contributed by atoms with Gasteiger partial charge in [-0.3, -0.25) is 0 Å². The number of para-hydroxylation sites is 1. The highest BCUT2D eigenvalue weighted by Gasteiger charge is 2.17. The molecule has 0 bridgehead atoms. The van der Waals surface area contributed by atoms with E-state index in [0.29, 0.717) is 18.8 Å². The number of nitrogens with zero attached hydrogens (tertiary/aromatic N) is 3. The van der Waals surface area contributed by atoms with Gasteiger partial charge < -0.3 is 10.6 Å². The summed E-state index contributed by atoms with van der Waals surface area (Å²) in [5.74, 6) is 0.715. The lowest BCUT2D eigenvalue weighted by Gasteiger charge is -2.25. The Bertz CT molecular complexity index is 613. The molecule has 0 spiro atoms. The number of aromatic nitrogens is 2. The maximum absolute atomic E-state index is 14.0. The molecule has 0 amide bonds. The third-order valence-corrected chi connectivity index (χ3v) is 3.32. The molecule has 4 nitrogen and oxygen atoms in total. The average molecular weight is 288 g/mol. The van der Waals surface area contributed by atoms with E-state index in [-0.39, 0.29) is 11.7 Å². The van der Waals surface area contributed by atoms with Crippen LogP contribution < -0.4 is 10.6 Å². The van der Waals surface area contributed by atoms with Gasteiger partial charge in [0.25, 0.3) is 0 Å². The van der Waals surface area contributed by atoms with Crippen LogP contribution in [-0.2, 0) is 6.54 Å². The van der Waals surface area contributed by atoms with Crippen LogP contribution in [0.3, 0.4) is 0 Å². The highest BCUT2D eigenvalue weighted by atomic mass is 19.1. The first-order valence-corrected chi connectivity index (χ1v) is 7.16. The van der Waals surface area contributed by atoms with Gasteiger partial charge in [0.1, 0.15) is 11.6 Å². The lowest BCUT2D eigenvalue weighted by molar-refractivity contribution is 0.625. The Morgan fingerprint density at radius 1 is 1.24 bits per heavy atom. The molecule has 5 heteroatoms. The van der Waals surface area contributed by atoms with E-state index < -0.39 is 0 Å². The van der Waals surface area contributed by atoms with Crippen LogP contribution in [0, 0.1) is 5.82 Å². The first-order chi connectivity index (χ1) is 10.1. The standard InChI is InChI=1S/C16H21FN4/c1-4-21(14-8-6-5-7-12(14)17)15-10-19-16(11(2)3)20-13(15)9-18/h5-8,10-11H,4,9,18H2,1-3H3. The molecule has 0 saturated carbocycles. The van der Waals surface area contributed by atoms with Crippen LogP contribution in [0.25, 0.3) is 0 Å². The molecule has 2 N–H and O–H groups in total. The highest BCUT2D eigenvalue weighted by molar-refractivity contribution is 5.64. The second kappa shape index (κ2) is 6.63. The summed E-state index contributed by atoms with van der Waals surface area (Å²) in [6, 6.07) is 6.68. The van der Waals surface area contributed by atoms with Gasteiger partial charge in [0.2, 0.25) is 0 Å². The summed E-state index contributed by atoms with van der Waals surface area (Å²) in [6.07, 6.45) is 1.74. The number of halogens is 1. The van der Waals surface area contributed by atoms with Gasteiger partial charge in [0.05, 0.1) is 23.3 Å². The second-order valence-corrected chi connectivity index (χ2v) is 5.11. The molecule has 0 saturated heterocycles. The van der Waals surface area contributed by atoms with E-state index in [9.17, 15) is 4.39 Å². The molecule has 0 radical (unpaired) electrons. The predicted octanol–water partition coefficient (Wildman–Crippen LogP) is 3.36. The van der Waals surface area contributed by atoms with Crippen LogP contribution >= 0.6 is 0 Å². The quantitative estimate of drug-likeness (QED) is 0.916. The molecule has 112 valence electrons. The van der Waals surface area contributed by atoms with Crippen molar-refractivity contribution in [3.8, 4) is 0 Å². The molecular formula is C16H21FN4. The normalized spacial score (nSPS) is 11.0. The molecule has 0 aliphatic carbocycles. The minimum atomic E-state index is -0.268. The van der Waals surface area contributed by atoms with Crippen LogP contribution in [0.15, 0.2) is 30.5 Å². The fourth-order valence-electron chi connectivity index (χ4n) is 2.22. The van der Waals surface area contributed by atoms with Crippen molar-refractivity contribution in [2.75, 3.05) is 11.4 Å². The zero-order valence-electron chi connectivity index (χ0n) is 12.7. The molecule has 1 heterocycles. The summed E-state index contributed by atoms with van der Waals surface area (Å²) in [6.45, 7) is 6.93. The van der Waals surface area contributed by atoms with Crippen LogP contribution in [0.1, 0.15) is 38.2 Å². The van der Waals surface area contributed by atoms with Crippen LogP contribution in [0.5, 0.6) is 0 Å². The second-order valence-electron chi connectivity index (χ2n) is 5.11. The van der Waals surface area contributed by atoms with Gasteiger partial charge in [-0.2, -0.15) is 0 Å². The highest BCUT2D eigenvalue weighted by Crippen LogP contribution is 2.29. The van der Waals surface area contributed by atoms with Gasteiger partial charge >= 0.3 is 0 Å². The van der Waals surface area contributed by atoms with Gasteiger partial charge in [-0.15, -0.1) is 0 Å². The van der Waals surface area contributed by atoms with Crippen molar-refractivity contribution < 1.29 is 4.39 Å². The minimum absolute atomic E-state index is 0.230. The van der Waals surface area contributed by atoms with Gasteiger partial charge in [0, 0.05) is 19.0 Å². The molecule has 0 atom stereocenters. The number of anilines is 2. The van der Waals surface area contributed by atoms with Crippen LogP contribution in [0.2, 0.25) is 0 Å². The number of hydrogen-bond acceptors (Lipinski definition) is 4. The molecule has 2 aromatic rings. The Kier molecular flexibility index (Phi) is 4.85. The average Bonchev–Trinajstić information content (AvgIpc) is 2.49. The maximum Gasteiger partial charge on any atom is 0.146 e. The Morgan fingerprint density at radius 2 is 1.95 bits per heavy atom. The summed E-state index contributed by atoms with van der Waals surface area (Å²) < 4.78 is 14.0. The SMILES string of the molecule is CCN(c1ccccc1F)c1cnc(C(C)C)nc1CN. The summed E-state index contributed by atoms with van der Waals surface area (Å²) in [7, 11) is 0. The van der Waals surface area contributed by atoms with E-state index in [2.05, 4.69) is 9.97 Å². The molecule has 2 rings (SSSR count). The molecule has 0 fully saturated rings. The predicted molar refractivity (Wildman–Crippen MR) is 83.1 cm³/mol. The monoisotopic (exact) mass is 288 g/mol. The van der Waals surface area contributed by atoms with Gasteiger partial charge in [-0.25, -0.2) is 14.4 Å². The zero-order valence-corrected chi connectivity index (χ0v) is 12.7. The Labute approximate surface area is 124 Å². The lowest BCUT2D eigenvalue weighted by atomic mass is 10.2. The molecular weight excluding hydrogens is 267 g/mol. The van der Waals surface area contributed by atoms with Gasteiger partial charge in [-0.1, -0.05) is 26.0 Å². The Hall–Kier alpha value is -2.01. The van der Waals surface area contributed by atoms with Crippen molar-refractivity contribution in [1.82, 2.24) is 9.97 Å². The first kappa shape index (κ1) is 15.4. The number of rotatable bonds is 5. The fraction of sp³-hybridized carbons (Fsp3) is 0.375. The zero-order chi connectivity index (χ0) is 15.4. The maximum atomic E-state index is 14.0. The number of benzene rings is 1. The van der Waals surface area contributed by atoms with Crippen LogP contribution in [0.4, 0.5) is 15.8 Å². The molecule has 1 aromatic carbocycles. The number of nitrogens with two attached hydrogens (primary N) is 1.